The van der Waals surface area contributed by atoms with Gasteiger partial charge in [-0.25, -0.2) is 14.5 Å². The first kappa shape index (κ1) is 19.0. The summed E-state index contributed by atoms with van der Waals surface area (Å²) in [4.78, 5) is 19.4. The van der Waals surface area contributed by atoms with Crippen LogP contribution < -0.4 is 10.9 Å². The van der Waals surface area contributed by atoms with Gasteiger partial charge in [-0.15, -0.1) is 0 Å². The van der Waals surface area contributed by atoms with Gasteiger partial charge in [0.25, 0.3) is 5.56 Å². The molecule has 2 aromatic carbocycles. The van der Waals surface area contributed by atoms with Crippen molar-refractivity contribution in [1.82, 2.24) is 20.2 Å². The molecule has 0 radical (unpaired) electrons. The Morgan fingerprint density at radius 3 is 2.83 bits per heavy atom. The Hall–Kier alpha value is -3.30. The Bertz CT molecular complexity index is 1230. The summed E-state index contributed by atoms with van der Waals surface area (Å²) < 4.78 is 19.0. The molecule has 0 spiro atoms. The maximum atomic E-state index is 13.8. The highest BCUT2D eigenvalue weighted by Crippen LogP contribution is 2.27. The van der Waals surface area contributed by atoms with Crippen LogP contribution in [0.5, 0.6) is 0 Å². The number of hydrogen-bond donors (Lipinski definition) is 4. The Labute approximate surface area is 164 Å². The van der Waals surface area contributed by atoms with Crippen molar-refractivity contribution >= 4 is 27.8 Å². The molecule has 4 aromatic rings. The van der Waals surface area contributed by atoms with Gasteiger partial charge in [0.1, 0.15) is 5.82 Å². The van der Waals surface area contributed by atoms with Crippen LogP contribution in [-0.4, -0.2) is 38.3 Å². The number of aromatic amines is 2. The van der Waals surface area contributed by atoms with E-state index in [1.165, 1.54) is 18.2 Å². The van der Waals surface area contributed by atoms with Crippen LogP contribution in [-0.2, 0) is 4.74 Å². The molecule has 0 amide bonds. The first-order valence-electron chi connectivity index (χ1n) is 9.15. The molecular weight excluding hydrogens is 377 g/mol. The number of halogens is 1. The fourth-order valence-corrected chi connectivity index (χ4v) is 3.02. The topological polar surface area (TPSA) is 116 Å². The van der Waals surface area contributed by atoms with Crippen LogP contribution in [0.15, 0.2) is 41.2 Å². The number of aromatic nitrogens is 4. The van der Waals surface area contributed by atoms with Gasteiger partial charge in [0, 0.05) is 10.9 Å². The molecule has 2 heterocycles. The summed E-state index contributed by atoms with van der Waals surface area (Å²) in [5.74, 6) is 0.182. The van der Waals surface area contributed by atoms with E-state index in [0.29, 0.717) is 40.1 Å². The maximum absolute atomic E-state index is 13.8. The van der Waals surface area contributed by atoms with E-state index < -0.39 is 12.2 Å². The van der Waals surface area contributed by atoms with Crippen molar-refractivity contribution < 1.29 is 14.2 Å². The minimum absolute atomic E-state index is 0.286. The fraction of sp³-hybridized carbons (Fsp3) is 0.250. The lowest BCUT2D eigenvalue weighted by Crippen LogP contribution is -2.24. The second-order valence-electron chi connectivity index (χ2n) is 7.13. The van der Waals surface area contributed by atoms with Gasteiger partial charge >= 0.3 is 0 Å². The molecule has 1 unspecified atom stereocenters. The van der Waals surface area contributed by atoms with Gasteiger partial charge in [-0.3, -0.25) is 4.79 Å². The lowest BCUT2D eigenvalue weighted by atomic mass is 10.0. The molecule has 150 valence electrons. The molecule has 4 N–H and O–H groups in total. The summed E-state index contributed by atoms with van der Waals surface area (Å²) >= 11 is 0. The smallest absolute Gasteiger partial charge is 0.272 e. The van der Waals surface area contributed by atoms with E-state index in [9.17, 15) is 14.3 Å². The van der Waals surface area contributed by atoms with Crippen LogP contribution in [0.4, 0.5) is 10.3 Å². The van der Waals surface area contributed by atoms with Crippen LogP contribution in [0, 0.1) is 11.7 Å². The number of benzene rings is 2. The normalized spacial score (nSPS) is 12.7. The average molecular weight is 397 g/mol. The number of fused-ring (bicyclic) bond motifs is 2. The summed E-state index contributed by atoms with van der Waals surface area (Å²) in [7, 11) is 0. The molecule has 0 saturated carbocycles. The third-order valence-electron chi connectivity index (χ3n) is 4.35. The molecule has 0 aliphatic carbocycles. The summed E-state index contributed by atoms with van der Waals surface area (Å²) in [6.45, 7) is 4.37. The van der Waals surface area contributed by atoms with E-state index in [2.05, 4.69) is 25.5 Å². The Morgan fingerprint density at radius 1 is 1.21 bits per heavy atom. The number of ether oxygens (including phenoxy) is 1. The molecule has 29 heavy (non-hydrogen) atoms. The van der Waals surface area contributed by atoms with Crippen molar-refractivity contribution in [3.05, 3.63) is 52.6 Å². The minimum atomic E-state index is -1.19. The zero-order chi connectivity index (χ0) is 20.5. The lowest BCUT2D eigenvalue weighted by molar-refractivity contribution is -0.0869. The molecule has 0 fully saturated rings. The standard InChI is InChI=1S/C20H20FN5O3/c1-10(2)9-29-20(28)24-19-22-15-6-3-11(7-16(15)23-19)17-14-8-12(21)4-5-13(14)18(27)26-25-17/h3-8,10,20,28H,9H2,1-2H3,(H,26,27)(H2,22,23,24). The van der Waals surface area contributed by atoms with E-state index in [1.54, 1.807) is 18.2 Å². The predicted octanol–water partition coefficient (Wildman–Crippen LogP) is 2.97. The molecule has 0 aliphatic rings. The number of rotatable bonds is 6. The third-order valence-corrected chi connectivity index (χ3v) is 4.35. The Balaban J connectivity index is 1.68. The summed E-state index contributed by atoms with van der Waals surface area (Å²) in [6.07, 6.45) is -1.19. The van der Waals surface area contributed by atoms with E-state index >= 15 is 0 Å². The monoisotopic (exact) mass is 397 g/mol. The highest BCUT2D eigenvalue weighted by atomic mass is 19.1. The van der Waals surface area contributed by atoms with Gasteiger partial charge in [0.2, 0.25) is 12.4 Å². The van der Waals surface area contributed by atoms with Crippen molar-refractivity contribution in [3.63, 3.8) is 0 Å². The first-order valence-corrected chi connectivity index (χ1v) is 9.15. The molecule has 4 rings (SSSR count). The van der Waals surface area contributed by atoms with Crippen molar-refractivity contribution in [1.29, 1.82) is 0 Å². The van der Waals surface area contributed by atoms with Crippen LogP contribution in [0.3, 0.4) is 0 Å². The largest absolute Gasteiger partial charge is 0.351 e. The molecular formula is C20H20FN5O3. The van der Waals surface area contributed by atoms with Crippen LogP contribution >= 0.6 is 0 Å². The van der Waals surface area contributed by atoms with E-state index in [-0.39, 0.29) is 11.5 Å². The summed E-state index contributed by atoms with van der Waals surface area (Å²) in [5.41, 5.74) is 2.06. The highest BCUT2D eigenvalue weighted by Gasteiger charge is 2.13. The quantitative estimate of drug-likeness (QED) is 0.372. The number of aliphatic hydroxyl groups excluding tert-OH is 1. The maximum Gasteiger partial charge on any atom is 0.272 e. The van der Waals surface area contributed by atoms with Crippen molar-refractivity contribution in [2.45, 2.75) is 20.3 Å². The molecule has 2 aromatic heterocycles. The zero-order valence-corrected chi connectivity index (χ0v) is 15.9. The van der Waals surface area contributed by atoms with Crippen molar-refractivity contribution in [2.24, 2.45) is 5.92 Å². The summed E-state index contributed by atoms with van der Waals surface area (Å²) in [5, 5.41) is 20.0. The molecule has 1 atom stereocenters. The number of imidazole rings is 1. The molecule has 0 bridgehead atoms. The van der Waals surface area contributed by atoms with Crippen LogP contribution in [0.1, 0.15) is 13.8 Å². The van der Waals surface area contributed by atoms with E-state index in [1.807, 2.05) is 13.8 Å². The Kier molecular flexibility index (Phi) is 4.99. The fourth-order valence-electron chi connectivity index (χ4n) is 3.02. The van der Waals surface area contributed by atoms with Gasteiger partial charge in [-0.2, -0.15) is 5.10 Å². The van der Waals surface area contributed by atoms with Gasteiger partial charge < -0.3 is 20.1 Å². The Morgan fingerprint density at radius 2 is 2.03 bits per heavy atom. The molecule has 8 nitrogen and oxygen atoms in total. The predicted molar refractivity (Wildman–Crippen MR) is 108 cm³/mol. The second-order valence-corrected chi connectivity index (χ2v) is 7.13. The van der Waals surface area contributed by atoms with Crippen LogP contribution in [0.25, 0.3) is 33.1 Å². The molecule has 9 heteroatoms. The number of nitrogens with one attached hydrogen (secondary N) is 3. The second kappa shape index (κ2) is 7.61. The number of anilines is 1. The number of H-pyrrole nitrogens is 2. The SMILES string of the molecule is CC(C)COC(O)Nc1nc2cc(-c3n[nH]c(=O)c4ccc(F)cc34)ccc2[nH]1. The van der Waals surface area contributed by atoms with Gasteiger partial charge in [0.05, 0.1) is 28.7 Å². The zero-order valence-electron chi connectivity index (χ0n) is 15.9. The first-order chi connectivity index (χ1) is 13.9. The average Bonchev–Trinajstić information content (AvgIpc) is 3.08. The van der Waals surface area contributed by atoms with Crippen molar-refractivity contribution in [2.75, 3.05) is 11.9 Å². The van der Waals surface area contributed by atoms with Gasteiger partial charge in [-0.05, 0) is 36.2 Å². The number of aliphatic hydroxyl groups is 1. The van der Waals surface area contributed by atoms with Crippen LogP contribution in [0.2, 0.25) is 0 Å². The highest BCUT2D eigenvalue weighted by molar-refractivity contribution is 5.95. The van der Waals surface area contributed by atoms with Crippen molar-refractivity contribution in [3.8, 4) is 11.3 Å². The minimum Gasteiger partial charge on any atom is -0.351 e. The van der Waals surface area contributed by atoms with Gasteiger partial charge in [-0.1, -0.05) is 19.9 Å². The molecule has 0 saturated heterocycles. The van der Waals surface area contributed by atoms with Gasteiger partial charge in [0.15, 0.2) is 0 Å². The van der Waals surface area contributed by atoms with E-state index in [4.69, 9.17) is 4.74 Å². The summed E-state index contributed by atoms with van der Waals surface area (Å²) in [6, 6.07) is 9.31. The van der Waals surface area contributed by atoms with E-state index in [0.717, 1.165) is 5.52 Å². The number of hydrogen-bond acceptors (Lipinski definition) is 6. The number of nitrogens with zero attached hydrogens (tertiary/aromatic N) is 2. The third kappa shape index (κ3) is 3.96. The molecule has 0 aliphatic heterocycles. The lowest BCUT2D eigenvalue weighted by Gasteiger charge is -2.14.